The van der Waals surface area contributed by atoms with Crippen LogP contribution >= 0.6 is 0 Å². The lowest BCUT2D eigenvalue weighted by atomic mass is 9.58. The molecule has 2 aromatic carbocycles. The van der Waals surface area contributed by atoms with E-state index in [1.165, 1.54) is 29.2 Å². The van der Waals surface area contributed by atoms with E-state index in [1.54, 1.807) is 6.08 Å². The Morgan fingerprint density at radius 2 is 1.79 bits per heavy atom. The molecule has 0 aromatic heterocycles. The number of rotatable bonds is 3. The quantitative estimate of drug-likeness (QED) is 0.751. The average Bonchev–Trinajstić information content (AvgIpc) is 2.88. The largest absolute Gasteiger partial charge is 0.445 e. The maximum absolute atomic E-state index is 13.6. The van der Waals surface area contributed by atoms with E-state index in [2.05, 4.69) is 0 Å². The highest BCUT2D eigenvalue weighted by atomic mass is 19.1. The van der Waals surface area contributed by atoms with E-state index in [1.807, 2.05) is 48.5 Å². The summed E-state index contributed by atoms with van der Waals surface area (Å²) in [6, 6.07) is 20.8. The first-order chi connectivity index (χ1) is 16.4. The summed E-state index contributed by atoms with van der Waals surface area (Å²) in [5, 5.41) is 30.0. The molecule has 0 saturated heterocycles. The zero-order valence-corrected chi connectivity index (χ0v) is 18.1. The molecule has 0 saturated carbocycles. The summed E-state index contributed by atoms with van der Waals surface area (Å²) >= 11 is 0. The molecule has 4 rings (SSSR count). The molecule has 0 fully saturated rings. The van der Waals surface area contributed by atoms with E-state index >= 15 is 0 Å². The van der Waals surface area contributed by atoms with Gasteiger partial charge in [0.05, 0.1) is 23.4 Å². The van der Waals surface area contributed by atoms with Gasteiger partial charge in [-0.1, -0.05) is 48.5 Å². The average molecular weight is 453 g/mol. The molecule has 168 valence electrons. The highest BCUT2D eigenvalue weighted by Crippen LogP contribution is 2.54. The number of benzene rings is 2. The number of ether oxygens (including phenoxy) is 1. The number of nitriles is 3. The molecule has 2 N–H and O–H groups in total. The summed E-state index contributed by atoms with van der Waals surface area (Å²) in [7, 11) is 0. The van der Waals surface area contributed by atoms with Crippen molar-refractivity contribution in [3.05, 3.63) is 94.5 Å². The number of hydrogen-bond acceptors (Lipinski definition) is 6. The highest BCUT2D eigenvalue weighted by Gasteiger charge is 2.54. The van der Waals surface area contributed by atoms with Crippen molar-refractivity contribution in [2.45, 2.75) is 12.5 Å². The van der Waals surface area contributed by atoms with Gasteiger partial charge in [-0.05, 0) is 28.8 Å². The van der Waals surface area contributed by atoms with Crippen LogP contribution in [0.2, 0.25) is 0 Å². The van der Waals surface area contributed by atoms with Gasteiger partial charge >= 0.3 is 6.09 Å². The van der Waals surface area contributed by atoms with Crippen LogP contribution in [0.4, 0.5) is 9.18 Å². The van der Waals surface area contributed by atoms with Crippen LogP contribution in [-0.2, 0) is 11.3 Å². The predicted octanol–water partition coefficient (Wildman–Crippen LogP) is 3.89. The molecule has 2 atom stereocenters. The van der Waals surface area contributed by atoms with Crippen molar-refractivity contribution in [3.8, 4) is 18.2 Å². The molecule has 34 heavy (non-hydrogen) atoms. The third-order valence-corrected chi connectivity index (χ3v) is 6.36. The number of fused-ring (bicyclic) bond motifs is 1. The Hall–Kier alpha value is -4.61. The number of allylic oxidation sites excluding steroid dienone is 2. The van der Waals surface area contributed by atoms with Crippen LogP contribution in [0, 0.1) is 51.1 Å². The van der Waals surface area contributed by atoms with Gasteiger partial charge in [-0.2, -0.15) is 15.8 Å². The van der Waals surface area contributed by atoms with Gasteiger partial charge < -0.3 is 15.4 Å². The summed E-state index contributed by atoms with van der Waals surface area (Å²) < 4.78 is 19.1. The molecule has 2 aliphatic rings. The summed E-state index contributed by atoms with van der Waals surface area (Å²) in [4.78, 5) is 14.3. The third-order valence-electron chi connectivity index (χ3n) is 6.36. The lowest BCUT2D eigenvalue weighted by Crippen LogP contribution is -2.49. The lowest BCUT2D eigenvalue weighted by molar-refractivity contribution is 0.0898. The number of amides is 1. The zero-order chi connectivity index (χ0) is 24.3. The van der Waals surface area contributed by atoms with Crippen molar-refractivity contribution < 1.29 is 13.9 Å². The smallest absolute Gasteiger partial charge is 0.410 e. The molecular weight excluding hydrogens is 433 g/mol. The third kappa shape index (κ3) is 3.74. The molecule has 0 radical (unpaired) electrons. The highest BCUT2D eigenvalue weighted by molar-refractivity contribution is 5.69. The first kappa shape index (κ1) is 22.6. The van der Waals surface area contributed by atoms with Crippen molar-refractivity contribution in [2.75, 3.05) is 13.1 Å². The molecule has 0 unspecified atom stereocenters. The molecule has 1 heterocycles. The molecule has 8 heteroatoms. The summed E-state index contributed by atoms with van der Waals surface area (Å²) in [6.07, 6.45) is 1.15. The molecule has 0 bridgehead atoms. The normalized spacial score (nSPS) is 20.8. The number of nitrogens with zero attached hydrogens (tertiary/aromatic N) is 4. The van der Waals surface area contributed by atoms with Crippen molar-refractivity contribution in [1.29, 1.82) is 15.8 Å². The van der Waals surface area contributed by atoms with Crippen LogP contribution in [0.25, 0.3) is 0 Å². The Labute approximate surface area is 196 Å². The van der Waals surface area contributed by atoms with Crippen molar-refractivity contribution in [1.82, 2.24) is 4.90 Å². The van der Waals surface area contributed by atoms with Crippen LogP contribution in [0.5, 0.6) is 0 Å². The summed E-state index contributed by atoms with van der Waals surface area (Å²) in [6.45, 7) is 0.376. The molecule has 0 spiro atoms. The van der Waals surface area contributed by atoms with Crippen molar-refractivity contribution >= 4 is 6.09 Å². The summed E-state index contributed by atoms with van der Waals surface area (Å²) in [5.41, 5.74) is 6.26. The second-order valence-corrected chi connectivity index (χ2v) is 8.17. The molecule has 1 aliphatic carbocycles. The van der Waals surface area contributed by atoms with Gasteiger partial charge in [-0.25, -0.2) is 9.18 Å². The minimum atomic E-state index is -1.86. The van der Waals surface area contributed by atoms with E-state index in [4.69, 9.17) is 10.5 Å². The Morgan fingerprint density at radius 3 is 2.41 bits per heavy atom. The van der Waals surface area contributed by atoms with E-state index in [0.717, 1.165) is 5.56 Å². The van der Waals surface area contributed by atoms with Crippen LogP contribution in [0.15, 0.2) is 77.5 Å². The molecule has 2 aromatic rings. The van der Waals surface area contributed by atoms with Gasteiger partial charge in [-0.3, -0.25) is 0 Å². The fourth-order valence-electron chi connectivity index (χ4n) is 4.69. The number of nitrogens with two attached hydrogens (primary N) is 1. The van der Waals surface area contributed by atoms with Crippen LogP contribution < -0.4 is 5.73 Å². The molecule has 1 aliphatic heterocycles. The Bertz CT molecular complexity index is 1280. The topological polar surface area (TPSA) is 127 Å². The minimum absolute atomic E-state index is 0.0729. The van der Waals surface area contributed by atoms with E-state index in [9.17, 15) is 25.0 Å². The monoisotopic (exact) mass is 453 g/mol. The maximum Gasteiger partial charge on any atom is 0.410 e. The Morgan fingerprint density at radius 1 is 1.12 bits per heavy atom. The van der Waals surface area contributed by atoms with Crippen LogP contribution in [0.1, 0.15) is 17.0 Å². The van der Waals surface area contributed by atoms with E-state index < -0.39 is 29.2 Å². The van der Waals surface area contributed by atoms with Gasteiger partial charge in [0.15, 0.2) is 5.41 Å². The van der Waals surface area contributed by atoms with Gasteiger partial charge in [-0.15, -0.1) is 0 Å². The number of carbonyl (C=O) groups excluding carboxylic acids is 1. The summed E-state index contributed by atoms with van der Waals surface area (Å²) in [5.74, 6) is -1.88. The Kier molecular flexibility index (Phi) is 6.04. The second-order valence-electron chi connectivity index (χ2n) is 8.17. The standard InChI is InChI=1S/C26H20FN5O2/c27-19-8-6-18(7-9-19)23-22-13-32(25(33)34-14-17-4-2-1-3-5-17)11-10-20(22)21(12-28)24(31)26(23,15-29)16-30/h1-10,22-23H,11,13-14,31H2/t22-,23+/m0/s1. The van der Waals surface area contributed by atoms with Gasteiger partial charge in [0.1, 0.15) is 18.5 Å². The van der Waals surface area contributed by atoms with E-state index in [-0.39, 0.29) is 31.0 Å². The van der Waals surface area contributed by atoms with Crippen molar-refractivity contribution in [2.24, 2.45) is 17.1 Å². The first-order valence-corrected chi connectivity index (χ1v) is 10.6. The first-order valence-electron chi connectivity index (χ1n) is 10.6. The minimum Gasteiger partial charge on any atom is -0.445 e. The van der Waals surface area contributed by atoms with Gasteiger partial charge in [0.25, 0.3) is 0 Å². The molecular formula is C26H20FN5O2. The predicted molar refractivity (Wildman–Crippen MR) is 119 cm³/mol. The van der Waals surface area contributed by atoms with Crippen LogP contribution in [0.3, 0.4) is 0 Å². The maximum atomic E-state index is 13.6. The fourth-order valence-corrected chi connectivity index (χ4v) is 4.69. The number of hydrogen-bond donors (Lipinski definition) is 1. The number of carbonyl (C=O) groups is 1. The van der Waals surface area contributed by atoms with Crippen molar-refractivity contribution in [3.63, 3.8) is 0 Å². The van der Waals surface area contributed by atoms with E-state index in [0.29, 0.717) is 11.1 Å². The fraction of sp³-hybridized carbons (Fsp3) is 0.231. The van der Waals surface area contributed by atoms with Gasteiger partial charge in [0, 0.05) is 24.9 Å². The molecule has 7 nitrogen and oxygen atoms in total. The Balaban J connectivity index is 1.73. The SMILES string of the molecule is N#CC1=C(N)C(C#N)(C#N)[C@H](c2ccc(F)cc2)[C@H]2CN(C(=O)OCc3ccccc3)CC=C12. The second kappa shape index (κ2) is 9.10. The molecule has 1 amide bonds. The van der Waals surface area contributed by atoms with Gasteiger partial charge in [0.2, 0.25) is 0 Å². The lowest BCUT2D eigenvalue weighted by Gasteiger charge is -2.45. The number of halogens is 1. The van der Waals surface area contributed by atoms with Crippen LogP contribution in [-0.4, -0.2) is 24.1 Å². The zero-order valence-electron chi connectivity index (χ0n) is 18.1.